The standard InChI is InChI=1S/C20H26N5O3/c1-14-5-4-6-15(11-14)12-25-16(13-24-7-9-28-10-8-24)21-18-17(25)19(26)23(3)20(27)22(18)2/h4-6,11,17H,7-10,12-13H2,1-3H3/q+1. The SMILES string of the molecule is Cc1cccc(C[N+]2=C(CN3CCOCC3)N=C3C2C(=O)N(C)C(=O)N3C)c1. The van der Waals surface area contributed by atoms with Crippen molar-refractivity contribution in [2.24, 2.45) is 4.99 Å². The van der Waals surface area contributed by atoms with Crippen molar-refractivity contribution in [2.75, 3.05) is 46.9 Å². The fourth-order valence-electron chi connectivity index (χ4n) is 3.92. The van der Waals surface area contributed by atoms with Gasteiger partial charge in [-0.05, 0) is 17.5 Å². The summed E-state index contributed by atoms with van der Waals surface area (Å²) in [5.74, 6) is 1.11. The highest BCUT2D eigenvalue weighted by molar-refractivity contribution is 6.23. The maximum absolute atomic E-state index is 13.0. The van der Waals surface area contributed by atoms with E-state index >= 15 is 0 Å². The average Bonchev–Trinajstić information content (AvgIpc) is 3.03. The molecule has 2 saturated heterocycles. The molecule has 1 unspecified atom stereocenters. The number of morpholine rings is 1. The molecule has 0 aliphatic carbocycles. The van der Waals surface area contributed by atoms with Crippen molar-refractivity contribution in [3.63, 3.8) is 0 Å². The molecule has 0 radical (unpaired) electrons. The number of carbonyl (C=O) groups is 2. The van der Waals surface area contributed by atoms with E-state index in [4.69, 9.17) is 9.73 Å². The number of nitrogens with zero attached hydrogens (tertiary/aromatic N) is 5. The molecule has 0 N–H and O–H groups in total. The summed E-state index contributed by atoms with van der Waals surface area (Å²) < 4.78 is 7.49. The third-order valence-corrected chi connectivity index (χ3v) is 5.52. The lowest BCUT2D eigenvalue weighted by Gasteiger charge is -2.30. The molecule has 3 heterocycles. The molecule has 28 heavy (non-hydrogen) atoms. The van der Waals surface area contributed by atoms with Crippen molar-refractivity contribution in [3.05, 3.63) is 35.4 Å². The molecule has 3 amide bonds. The zero-order chi connectivity index (χ0) is 19.8. The Morgan fingerprint density at radius 3 is 2.64 bits per heavy atom. The minimum Gasteiger partial charge on any atom is -0.379 e. The number of amides is 3. The Hall–Kier alpha value is -2.58. The fraction of sp³-hybridized carbons (Fsp3) is 0.500. The number of likely N-dealkylation sites (N-methyl/N-ethyl adjacent to an activating group) is 2. The summed E-state index contributed by atoms with van der Waals surface area (Å²) >= 11 is 0. The van der Waals surface area contributed by atoms with Crippen LogP contribution in [0.1, 0.15) is 11.1 Å². The van der Waals surface area contributed by atoms with Crippen LogP contribution in [-0.2, 0) is 16.1 Å². The van der Waals surface area contributed by atoms with Gasteiger partial charge in [-0.1, -0.05) is 29.8 Å². The molecule has 1 aromatic carbocycles. The molecule has 148 valence electrons. The van der Waals surface area contributed by atoms with Gasteiger partial charge in [0.05, 0.1) is 13.2 Å². The molecule has 8 heteroatoms. The van der Waals surface area contributed by atoms with Crippen LogP contribution in [0.5, 0.6) is 0 Å². The normalized spacial score (nSPS) is 23.4. The number of fused-ring (bicyclic) bond motifs is 1. The van der Waals surface area contributed by atoms with Crippen LogP contribution in [0.3, 0.4) is 0 Å². The van der Waals surface area contributed by atoms with Gasteiger partial charge in [0.15, 0.2) is 0 Å². The zero-order valence-electron chi connectivity index (χ0n) is 16.6. The van der Waals surface area contributed by atoms with Crippen molar-refractivity contribution in [3.8, 4) is 0 Å². The van der Waals surface area contributed by atoms with E-state index in [1.807, 2.05) is 10.6 Å². The number of aliphatic imine (C=N–C) groups is 1. The molecular weight excluding hydrogens is 358 g/mol. The molecule has 3 aliphatic rings. The molecule has 8 nitrogen and oxygen atoms in total. The lowest BCUT2D eigenvalue weighted by Crippen LogP contribution is -2.61. The third-order valence-electron chi connectivity index (χ3n) is 5.52. The maximum atomic E-state index is 13.0. The second-order valence-corrected chi connectivity index (χ2v) is 7.53. The van der Waals surface area contributed by atoms with E-state index < -0.39 is 6.04 Å². The summed E-state index contributed by atoms with van der Waals surface area (Å²) in [7, 11) is 3.21. The highest BCUT2D eigenvalue weighted by Crippen LogP contribution is 2.21. The number of rotatable bonds is 4. The quantitative estimate of drug-likeness (QED) is 0.711. The molecule has 4 rings (SSSR count). The monoisotopic (exact) mass is 384 g/mol. The van der Waals surface area contributed by atoms with Crippen molar-refractivity contribution in [1.29, 1.82) is 0 Å². The Bertz CT molecular complexity index is 872. The van der Waals surface area contributed by atoms with E-state index in [0.717, 1.165) is 24.5 Å². The first-order chi connectivity index (χ1) is 13.5. The Balaban J connectivity index is 1.70. The lowest BCUT2D eigenvalue weighted by molar-refractivity contribution is -0.552. The van der Waals surface area contributed by atoms with Crippen LogP contribution in [0, 0.1) is 6.92 Å². The average molecular weight is 384 g/mol. The number of amidine groups is 2. The molecule has 1 atom stereocenters. The van der Waals surface area contributed by atoms with Gasteiger partial charge in [-0.3, -0.25) is 19.5 Å². The van der Waals surface area contributed by atoms with E-state index in [-0.39, 0.29) is 11.9 Å². The smallest absolute Gasteiger partial charge is 0.333 e. The number of carbonyl (C=O) groups excluding carboxylic acids is 2. The number of ether oxygens (including phenoxy) is 1. The Morgan fingerprint density at radius 2 is 1.93 bits per heavy atom. The molecule has 2 fully saturated rings. The van der Waals surface area contributed by atoms with Gasteiger partial charge in [-0.25, -0.2) is 9.37 Å². The molecule has 0 spiro atoms. The summed E-state index contributed by atoms with van der Waals surface area (Å²) in [5, 5.41) is 0. The van der Waals surface area contributed by atoms with Crippen LogP contribution >= 0.6 is 0 Å². The Kier molecular flexibility index (Phi) is 4.99. The topological polar surface area (TPSA) is 68.5 Å². The van der Waals surface area contributed by atoms with Crippen LogP contribution < -0.4 is 0 Å². The predicted octanol–water partition coefficient (Wildman–Crippen LogP) is 0.543. The number of hydrogen-bond donors (Lipinski definition) is 0. The minimum absolute atomic E-state index is 0.230. The van der Waals surface area contributed by atoms with Crippen molar-refractivity contribution >= 4 is 23.6 Å². The first-order valence-corrected chi connectivity index (χ1v) is 9.57. The summed E-state index contributed by atoms with van der Waals surface area (Å²) in [4.78, 5) is 35.1. The van der Waals surface area contributed by atoms with Gasteiger partial charge in [0.25, 0.3) is 17.8 Å². The van der Waals surface area contributed by atoms with Crippen LogP contribution in [-0.4, -0.2) is 95.9 Å². The largest absolute Gasteiger partial charge is 0.379 e. The van der Waals surface area contributed by atoms with Crippen LogP contribution in [0.2, 0.25) is 0 Å². The number of imide groups is 1. The predicted molar refractivity (Wildman–Crippen MR) is 105 cm³/mol. The highest BCUT2D eigenvalue weighted by atomic mass is 16.5. The van der Waals surface area contributed by atoms with Crippen molar-refractivity contribution < 1.29 is 18.9 Å². The highest BCUT2D eigenvalue weighted by Gasteiger charge is 2.53. The molecule has 3 aliphatic heterocycles. The number of benzene rings is 1. The Morgan fingerprint density at radius 1 is 1.18 bits per heavy atom. The van der Waals surface area contributed by atoms with Gasteiger partial charge in [-0.2, -0.15) is 0 Å². The zero-order valence-corrected chi connectivity index (χ0v) is 16.6. The van der Waals surface area contributed by atoms with E-state index in [1.54, 1.807) is 7.05 Å². The summed E-state index contributed by atoms with van der Waals surface area (Å²) in [6, 6.07) is 7.35. The van der Waals surface area contributed by atoms with Gasteiger partial charge in [0, 0.05) is 27.2 Å². The van der Waals surface area contributed by atoms with Crippen LogP contribution in [0.4, 0.5) is 4.79 Å². The van der Waals surface area contributed by atoms with Crippen LogP contribution in [0.25, 0.3) is 0 Å². The molecule has 1 aromatic rings. The summed E-state index contributed by atoms with van der Waals surface area (Å²) in [6.45, 7) is 6.32. The van der Waals surface area contributed by atoms with Crippen molar-refractivity contribution in [1.82, 2.24) is 14.7 Å². The molecule has 0 aromatic heterocycles. The van der Waals surface area contributed by atoms with E-state index in [9.17, 15) is 9.59 Å². The first kappa shape index (κ1) is 18.8. The number of hydrogen-bond acceptors (Lipinski definition) is 5. The molecule has 0 bridgehead atoms. The lowest BCUT2D eigenvalue weighted by atomic mass is 10.1. The number of aryl methyl sites for hydroxylation is 1. The van der Waals surface area contributed by atoms with E-state index in [0.29, 0.717) is 32.1 Å². The van der Waals surface area contributed by atoms with E-state index in [2.05, 4.69) is 30.0 Å². The first-order valence-electron chi connectivity index (χ1n) is 9.57. The second-order valence-electron chi connectivity index (χ2n) is 7.53. The minimum atomic E-state index is -0.566. The summed E-state index contributed by atoms with van der Waals surface area (Å²) in [5.41, 5.74) is 2.29. The van der Waals surface area contributed by atoms with Gasteiger partial charge < -0.3 is 4.74 Å². The molecular formula is C20H26N5O3+. The van der Waals surface area contributed by atoms with Gasteiger partial charge in [0.1, 0.15) is 13.1 Å². The summed E-state index contributed by atoms with van der Waals surface area (Å²) in [6.07, 6.45) is 0. The van der Waals surface area contributed by atoms with Crippen LogP contribution in [0.15, 0.2) is 29.3 Å². The second kappa shape index (κ2) is 7.44. The third kappa shape index (κ3) is 3.33. The fourth-order valence-corrected chi connectivity index (χ4v) is 3.92. The van der Waals surface area contributed by atoms with E-state index in [1.165, 1.54) is 22.4 Å². The van der Waals surface area contributed by atoms with Gasteiger partial charge in [-0.15, -0.1) is 0 Å². The van der Waals surface area contributed by atoms with Crippen molar-refractivity contribution in [2.45, 2.75) is 19.5 Å². The Labute approximate surface area is 164 Å². The maximum Gasteiger partial charge on any atom is 0.333 e. The van der Waals surface area contributed by atoms with Gasteiger partial charge in [0.2, 0.25) is 0 Å². The van der Waals surface area contributed by atoms with Gasteiger partial charge >= 0.3 is 11.9 Å². The number of urea groups is 1. The molecule has 0 saturated carbocycles.